The molecule has 4 nitrogen and oxygen atoms in total. The Morgan fingerprint density at radius 2 is 0.618 bits per heavy atom. The van der Waals surface area contributed by atoms with Crippen LogP contribution in [-0.2, 0) is 4.79 Å². The summed E-state index contributed by atoms with van der Waals surface area (Å²) in [7, 11) is 0. The van der Waals surface area contributed by atoms with Crippen molar-refractivity contribution >= 4 is 5.91 Å². The Morgan fingerprint density at radius 3 is 0.941 bits per heavy atom. The number of nitrogens with one attached hydrogen (secondary N) is 1. The summed E-state index contributed by atoms with van der Waals surface area (Å²) >= 11 is 0. The summed E-state index contributed by atoms with van der Waals surface area (Å²) in [6.07, 6.45) is 84.1. The fourth-order valence-electron chi connectivity index (χ4n) is 9.30. The van der Waals surface area contributed by atoms with Gasteiger partial charge in [0.05, 0.1) is 18.8 Å². The maximum atomic E-state index is 12.5. The Kier molecular flexibility index (Phi) is 57.7. The SMILES string of the molecule is CCCCCCCCCCC/C=C\C/C=C\CCCCCCCCCCCCCCCCCC(=O)NC(CO)C(O)/C=C/CC/C=C/CC/C=C/CCCCCCCCCCCCCCCCC. The number of carbonyl (C=O) groups excluding carboxylic acids is 1. The lowest BCUT2D eigenvalue weighted by Gasteiger charge is -2.19. The van der Waals surface area contributed by atoms with E-state index in [9.17, 15) is 15.0 Å². The van der Waals surface area contributed by atoms with Crippen LogP contribution in [0.5, 0.6) is 0 Å². The quantitative estimate of drug-likeness (QED) is 0.0420. The summed E-state index contributed by atoms with van der Waals surface area (Å²) in [6.45, 7) is 4.32. The Bertz CT molecular complexity index is 1120. The molecule has 68 heavy (non-hydrogen) atoms. The van der Waals surface area contributed by atoms with E-state index in [1.807, 2.05) is 6.08 Å². The molecule has 2 unspecified atom stereocenters. The third-order valence-electron chi connectivity index (χ3n) is 14.0. The molecule has 0 bridgehead atoms. The number of aliphatic hydroxyl groups is 2. The van der Waals surface area contributed by atoms with E-state index in [4.69, 9.17) is 0 Å². The van der Waals surface area contributed by atoms with Crippen molar-refractivity contribution in [3.8, 4) is 0 Å². The average molecular weight is 951 g/mol. The zero-order chi connectivity index (χ0) is 49.2. The third kappa shape index (κ3) is 55.0. The fourth-order valence-corrected chi connectivity index (χ4v) is 9.30. The molecule has 0 aromatic carbocycles. The first-order valence-corrected chi connectivity index (χ1v) is 30.5. The van der Waals surface area contributed by atoms with Crippen LogP contribution in [-0.4, -0.2) is 34.9 Å². The molecule has 0 saturated carbocycles. The van der Waals surface area contributed by atoms with Crippen molar-refractivity contribution in [2.75, 3.05) is 6.61 Å². The maximum Gasteiger partial charge on any atom is 0.220 e. The molecule has 1 amide bonds. The molecule has 0 fully saturated rings. The maximum absolute atomic E-state index is 12.5. The summed E-state index contributed by atoms with van der Waals surface area (Å²) in [6, 6.07) is -0.648. The Morgan fingerprint density at radius 1 is 0.353 bits per heavy atom. The molecule has 0 heterocycles. The molecule has 0 aromatic rings. The molecule has 2 atom stereocenters. The van der Waals surface area contributed by atoms with Gasteiger partial charge in [-0.15, -0.1) is 0 Å². The van der Waals surface area contributed by atoms with Gasteiger partial charge in [-0.3, -0.25) is 4.79 Å². The van der Waals surface area contributed by atoms with Crippen molar-refractivity contribution in [1.82, 2.24) is 5.32 Å². The van der Waals surface area contributed by atoms with Crippen molar-refractivity contribution in [2.24, 2.45) is 0 Å². The molecule has 0 spiro atoms. The van der Waals surface area contributed by atoms with E-state index in [0.717, 1.165) is 44.9 Å². The van der Waals surface area contributed by atoms with Gasteiger partial charge in [0.15, 0.2) is 0 Å². The van der Waals surface area contributed by atoms with Crippen molar-refractivity contribution < 1.29 is 15.0 Å². The molecule has 0 radical (unpaired) electrons. The van der Waals surface area contributed by atoms with E-state index in [1.165, 1.54) is 257 Å². The number of hydrogen-bond acceptors (Lipinski definition) is 3. The van der Waals surface area contributed by atoms with E-state index in [2.05, 4.69) is 67.8 Å². The fraction of sp³-hybridized carbons (Fsp3) is 0.828. The largest absolute Gasteiger partial charge is 0.394 e. The molecule has 0 aliphatic rings. The van der Waals surface area contributed by atoms with Crippen molar-refractivity contribution in [2.45, 2.75) is 334 Å². The van der Waals surface area contributed by atoms with Gasteiger partial charge in [-0.05, 0) is 77.0 Å². The molecule has 0 aromatic heterocycles. The Hall–Kier alpha value is -1.91. The minimum Gasteiger partial charge on any atom is -0.394 e. The van der Waals surface area contributed by atoms with E-state index < -0.39 is 12.1 Å². The predicted molar refractivity (Wildman–Crippen MR) is 304 cm³/mol. The van der Waals surface area contributed by atoms with Crippen LogP contribution in [0.3, 0.4) is 0 Å². The smallest absolute Gasteiger partial charge is 0.220 e. The van der Waals surface area contributed by atoms with E-state index in [0.29, 0.717) is 6.42 Å². The van der Waals surface area contributed by atoms with Gasteiger partial charge < -0.3 is 15.5 Å². The highest BCUT2D eigenvalue weighted by Gasteiger charge is 2.18. The normalized spacial score (nSPS) is 13.2. The first-order valence-electron chi connectivity index (χ1n) is 30.5. The molecule has 0 saturated heterocycles. The van der Waals surface area contributed by atoms with Gasteiger partial charge in [0.1, 0.15) is 0 Å². The zero-order valence-corrected chi connectivity index (χ0v) is 45.9. The highest BCUT2D eigenvalue weighted by Crippen LogP contribution is 2.17. The zero-order valence-electron chi connectivity index (χ0n) is 45.9. The summed E-state index contributed by atoms with van der Waals surface area (Å²) in [5.41, 5.74) is 0. The molecule has 0 aliphatic heterocycles. The molecule has 0 rings (SSSR count). The first kappa shape index (κ1) is 66.1. The van der Waals surface area contributed by atoms with Crippen molar-refractivity contribution in [1.29, 1.82) is 0 Å². The Balaban J connectivity index is 3.53. The van der Waals surface area contributed by atoms with Crippen LogP contribution in [0.1, 0.15) is 322 Å². The molecular formula is C64H119NO3. The van der Waals surface area contributed by atoms with E-state index in [1.54, 1.807) is 6.08 Å². The van der Waals surface area contributed by atoms with Crippen LogP contribution >= 0.6 is 0 Å². The van der Waals surface area contributed by atoms with Crippen LogP contribution < -0.4 is 5.32 Å². The Labute approximate surface area is 426 Å². The van der Waals surface area contributed by atoms with Crippen LogP contribution in [0.2, 0.25) is 0 Å². The van der Waals surface area contributed by atoms with Gasteiger partial charge in [0.25, 0.3) is 0 Å². The van der Waals surface area contributed by atoms with E-state index in [-0.39, 0.29) is 12.5 Å². The van der Waals surface area contributed by atoms with E-state index >= 15 is 0 Å². The lowest BCUT2D eigenvalue weighted by atomic mass is 10.0. The van der Waals surface area contributed by atoms with Crippen LogP contribution in [0.4, 0.5) is 0 Å². The van der Waals surface area contributed by atoms with Crippen molar-refractivity contribution in [3.63, 3.8) is 0 Å². The van der Waals surface area contributed by atoms with Gasteiger partial charge >= 0.3 is 0 Å². The highest BCUT2D eigenvalue weighted by molar-refractivity contribution is 5.76. The summed E-state index contributed by atoms with van der Waals surface area (Å²) < 4.78 is 0. The van der Waals surface area contributed by atoms with Gasteiger partial charge in [-0.1, -0.05) is 299 Å². The summed E-state index contributed by atoms with van der Waals surface area (Å²) in [5, 5.41) is 23.2. The average Bonchev–Trinajstić information content (AvgIpc) is 3.34. The van der Waals surface area contributed by atoms with Gasteiger partial charge in [-0.2, -0.15) is 0 Å². The molecule has 398 valence electrons. The predicted octanol–water partition coefficient (Wildman–Crippen LogP) is 20.4. The van der Waals surface area contributed by atoms with Crippen LogP contribution in [0.15, 0.2) is 60.8 Å². The number of rotatable bonds is 56. The second-order valence-electron chi connectivity index (χ2n) is 20.7. The topological polar surface area (TPSA) is 69.6 Å². The number of hydrogen-bond donors (Lipinski definition) is 3. The molecular weight excluding hydrogens is 831 g/mol. The third-order valence-corrected chi connectivity index (χ3v) is 14.0. The highest BCUT2D eigenvalue weighted by atomic mass is 16.3. The van der Waals surface area contributed by atoms with Crippen LogP contribution in [0.25, 0.3) is 0 Å². The van der Waals surface area contributed by atoms with Gasteiger partial charge in [0.2, 0.25) is 5.91 Å². The van der Waals surface area contributed by atoms with Crippen LogP contribution in [0, 0.1) is 0 Å². The second-order valence-corrected chi connectivity index (χ2v) is 20.7. The summed E-state index contributed by atoms with van der Waals surface area (Å²) in [4.78, 5) is 12.5. The van der Waals surface area contributed by atoms with Gasteiger partial charge in [0, 0.05) is 6.42 Å². The number of unbranched alkanes of at least 4 members (excludes halogenated alkanes) is 41. The number of allylic oxidation sites excluding steroid dienone is 9. The summed E-state index contributed by atoms with van der Waals surface area (Å²) in [5.74, 6) is -0.0753. The van der Waals surface area contributed by atoms with Crippen molar-refractivity contribution in [3.05, 3.63) is 60.8 Å². The standard InChI is InChI=1S/C64H119NO3/c1-3-5-7-9-11-13-15-17-19-21-23-25-27-29-30-31-32-33-34-36-38-40-42-44-46-48-50-52-54-56-58-60-64(68)65-62(61-66)63(67)59-57-55-53-51-49-47-45-43-41-39-37-35-28-26-24-22-20-18-16-14-12-10-8-6-4-2/h23,25,29-30,41,43,49,51,57,59,62-63,66-67H,3-22,24,26-28,31-40,42,44-48,50,52-56,58,60-61H2,1-2H3,(H,65,68)/b25-23-,30-29-,43-41+,51-49+,59-57+. The monoisotopic (exact) mass is 950 g/mol. The van der Waals surface area contributed by atoms with Gasteiger partial charge in [-0.25, -0.2) is 0 Å². The number of aliphatic hydroxyl groups excluding tert-OH is 2. The second kappa shape index (κ2) is 59.4. The minimum absolute atomic E-state index is 0.0753. The number of amides is 1. The molecule has 0 aliphatic carbocycles. The lowest BCUT2D eigenvalue weighted by molar-refractivity contribution is -0.123. The lowest BCUT2D eigenvalue weighted by Crippen LogP contribution is -2.45. The first-order chi connectivity index (χ1) is 33.7. The number of carbonyl (C=O) groups is 1. The molecule has 3 N–H and O–H groups in total. The minimum atomic E-state index is -0.873. The molecule has 4 heteroatoms.